The molecule has 0 fully saturated rings. The van der Waals surface area contributed by atoms with E-state index < -0.39 is 40.7 Å². The van der Waals surface area contributed by atoms with Crippen LogP contribution in [0.15, 0.2) is 29.2 Å². The number of halogens is 3. The predicted octanol–water partition coefficient (Wildman–Crippen LogP) is 3.50. The Morgan fingerprint density at radius 3 is 2.04 bits per heavy atom. The minimum Gasteiger partial charge on any atom is -0.253 e. The van der Waals surface area contributed by atoms with Gasteiger partial charge in [0.05, 0.1) is 18.8 Å². The Labute approximate surface area is 142 Å². The molecule has 1 aromatic rings. The summed E-state index contributed by atoms with van der Waals surface area (Å²) in [4.78, 5) is 7.71. The second-order valence-corrected chi connectivity index (χ2v) is 7.63. The molecule has 0 aliphatic carbocycles. The summed E-state index contributed by atoms with van der Waals surface area (Å²) in [6.45, 7) is 2.82. The molecule has 8 nitrogen and oxygen atoms in total. The fraction of sp³-hybridized carbons (Fsp3) is 0.500. The molecule has 0 N–H and O–H groups in total. The van der Waals surface area contributed by atoms with Crippen molar-refractivity contribution >= 4 is 17.7 Å². The maximum Gasteiger partial charge on any atom is 0.417 e. The lowest BCUT2D eigenvalue weighted by molar-refractivity contribution is -0.264. The van der Waals surface area contributed by atoms with E-state index in [2.05, 4.69) is 23.3 Å². The van der Waals surface area contributed by atoms with Crippen molar-refractivity contribution in [2.45, 2.75) is 24.9 Å². The SMILES string of the molecule is CCOOP(=O)(COS(=O)(=O)c1ccccc1C(F)(F)F)OOCC. The summed E-state index contributed by atoms with van der Waals surface area (Å²) in [5.74, 6) is 0. The first-order chi connectivity index (χ1) is 11.6. The van der Waals surface area contributed by atoms with Gasteiger partial charge in [-0.05, 0) is 26.0 Å². The zero-order chi connectivity index (χ0) is 19.1. The van der Waals surface area contributed by atoms with E-state index >= 15 is 0 Å². The number of benzene rings is 1. The Kier molecular flexibility index (Phi) is 8.00. The molecule has 0 amide bonds. The summed E-state index contributed by atoms with van der Waals surface area (Å²) in [5.41, 5.74) is -1.43. The van der Waals surface area contributed by atoms with Crippen LogP contribution in [0.2, 0.25) is 0 Å². The number of alkyl halides is 3. The van der Waals surface area contributed by atoms with E-state index in [4.69, 9.17) is 0 Å². The predicted molar refractivity (Wildman–Crippen MR) is 77.6 cm³/mol. The summed E-state index contributed by atoms with van der Waals surface area (Å²) in [6, 6.07) is 3.38. The molecule has 0 spiro atoms. The smallest absolute Gasteiger partial charge is 0.253 e. The van der Waals surface area contributed by atoms with Crippen molar-refractivity contribution in [2.24, 2.45) is 0 Å². The van der Waals surface area contributed by atoms with Crippen LogP contribution in [-0.2, 0) is 44.2 Å². The molecule has 0 heterocycles. The summed E-state index contributed by atoms with van der Waals surface area (Å²) in [7, 11) is -9.27. The van der Waals surface area contributed by atoms with Crippen LogP contribution >= 0.6 is 7.60 Å². The number of hydrogen-bond donors (Lipinski definition) is 0. The second kappa shape index (κ2) is 9.08. The maximum atomic E-state index is 12.9. The molecule has 0 bridgehead atoms. The van der Waals surface area contributed by atoms with Crippen LogP contribution in [0.4, 0.5) is 13.2 Å². The standard InChI is InChI=1S/C12H16F3O8PS/c1-3-19-22-24(16,23-20-4-2)9-21-25(17,18)11-8-6-5-7-10(11)12(13,14)15/h5-8H,3-4,9H2,1-2H3. The minimum absolute atomic E-state index is 0.0663. The van der Waals surface area contributed by atoms with Crippen LogP contribution in [0.25, 0.3) is 0 Å². The zero-order valence-electron chi connectivity index (χ0n) is 13.2. The highest BCUT2D eigenvalue weighted by Gasteiger charge is 2.39. The third-order valence-corrected chi connectivity index (χ3v) is 5.00. The first kappa shape index (κ1) is 22.0. The largest absolute Gasteiger partial charge is 0.417 e. The highest BCUT2D eigenvalue weighted by molar-refractivity contribution is 7.87. The van der Waals surface area contributed by atoms with Crippen LogP contribution in [0, 0.1) is 0 Å². The molecular weight excluding hydrogens is 392 g/mol. The van der Waals surface area contributed by atoms with Crippen molar-refractivity contribution in [1.29, 1.82) is 0 Å². The van der Waals surface area contributed by atoms with E-state index in [9.17, 15) is 26.2 Å². The average Bonchev–Trinajstić information content (AvgIpc) is 2.56. The van der Waals surface area contributed by atoms with Gasteiger partial charge in [0.15, 0.2) is 6.35 Å². The molecule has 0 aromatic heterocycles. The van der Waals surface area contributed by atoms with E-state index in [1.807, 2.05) is 0 Å². The lowest BCUT2D eigenvalue weighted by Gasteiger charge is -2.16. The molecule has 25 heavy (non-hydrogen) atoms. The highest BCUT2D eigenvalue weighted by Crippen LogP contribution is 2.49. The van der Waals surface area contributed by atoms with Gasteiger partial charge in [-0.3, -0.25) is 8.75 Å². The Bertz CT molecular complexity index is 695. The van der Waals surface area contributed by atoms with Crippen LogP contribution < -0.4 is 0 Å². The molecule has 0 atom stereocenters. The first-order valence-electron chi connectivity index (χ1n) is 6.83. The van der Waals surface area contributed by atoms with E-state index in [0.29, 0.717) is 12.1 Å². The zero-order valence-corrected chi connectivity index (χ0v) is 14.9. The molecule has 0 saturated heterocycles. The fourth-order valence-corrected chi connectivity index (χ4v) is 3.98. The molecule has 1 rings (SSSR count). The van der Waals surface area contributed by atoms with Gasteiger partial charge in [-0.2, -0.15) is 21.6 Å². The summed E-state index contributed by atoms with van der Waals surface area (Å²) in [5, 5.41) is 0. The van der Waals surface area contributed by atoms with Crippen molar-refractivity contribution in [1.82, 2.24) is 0 Å². The summed E-state index contributed by atoms with van der Waals surface area (Å²) >= 11 is 0. The van der Waals surface area contributed by atoms with Crippen molar-refractivity contribution in [3.63, 3.8) is 0 Å². The van der Waals surface area contributed by atoms with Gasteiger partial charge in [-0.15, -0.1) is 9.35 Å². The molecule has 13 heteroatoms. The lowest BCUT2D eigenvalue weighted by Crippen LogP contribution is -2.16. The van der Waals surface area contributed by atoms with Gasteiger partial charge in [0.1, 0.15) is 4.90 Å². The third-order valence-electron chi connectivity index (χ3n) is 2.40. The summed E-state index contributed by atoms with van der Waals surface area (Å²) in [6.07, 6.45) is -6.18. The van der Waals surface area contributed by atoms with Gasteiger partial charge < -0.3 is 0 Å². The number of rotatable bonds is 10. The van der Waals surface area contributed by atoms with Gasteiger partial charge in [0, 0.05) is 0 Å². The Morgan fingerprint density at radius 2 is 1.56 bits per heavy atom. The lowest BCUT2D eigenvalue weighted by atomic mass is 10.2. The third kappa shape index (κ3) is 6.66. The second-order valence-electron chi connectivity index (χ2n) is 4.27. The van der Waals surface area contributed by atoms with Crippen molar-refractivity contribution in [2.75, 3.05) is 19.6 Å². The molecule has 1 aromatic carbocycles. The Balaban J connectivity index is 3.03. The van der Waals surface area contributed by atoms with Gasteiger partial charge in [-0.1, -0.05) is 12.1 Å². The van der Waals surface area contributed by atoms with Crippen LogP contribution in [0.3, 0.4) is 0 Å². The van der Waals surface area contributed by atoms with E-state index in [0.717, 1.165) is 12.1 Å². The Morgan fingerprint density at radius 1 is 1.04 bits per heavy atom. The van der Waals surface area contributed by atoms with Crippen LogP contribution in [0.1, 0.15) is 19.4 Å². The monoisotopic (exact) mass is 408 g/mol. The molecule has 0 radical (unpaired) electrons. The molecular formula is C12H16F3O8PS. The van der Waals surface area contributed by atoms with Crippen molar-refractivity contribution < 1.29 is 49.5 Å². The van der Waals surface area contributed by atoms with Crippen molar-refractivity contribution in [3.8, 4) is 0 Å². The summed E-state index contributed by atoms with van der Waals surface area (Å²) < 4.78 is 88.3. The van der Waals surface area contributed by atoms with Crippen LogP contribution in [-0.4, -0.2) is 28.0 Å². The molecule has 144 valence electrons. The van der Waals surface area contributed by atoms with Gasteiger partial charge in [-0.25, -0.2) is 9.78 Å². The van der Waals surface area contributed by atoms with Gasteiger partial charge in [0.25, 0.3) is 10.1 Å². The van der Waals surface area contributed by atoms with Gasteiger partial charge >= 0.3 is 13.8 Å². The highest BCUT2D eigenvalue weighted by atomic mass is 32.2. The quantitative estimate of drug-likeness (QED) is 0.251. The molecule has 0 unspecified atom stereocenters. The van der Waals surface area contributed by atoms with E-state index in [1.54, 1.807) is 0 Å². The normalized spacial score (nSPS) is 13.2. The fourth-order valence-electron chi connectivity index (χ4n) is 1.44. The van der Waals surface area contributed by atoms with Gasteiger partial charge in [0.2, 0.25) is 0 Å². The number of hydrogen-bond acceptors (Lipinski definition) is 8. The Hall–Kier alpha value is -1.01. The average molecular weight is 408 g/mol. The van der Waals surface area contributed by atoms with Crippen LogP contribution in [0.5, 0.6) is 0 Å². The maximum absolute atomic E-state index is 12.9. The molecule has 0 aliphatic heterocycles. The first-order valence-corrected chi connectivity index (χ1v) is 9.96. The van der Waals surface area contributed by atoms with Crippen molar-refractivity contribution in [3.05, 3.63) is 29.8 Å². The minimum atomic E-state index is -4.93. The molecule has 0 saturated carbocycles. The topological polar surface area (TPSA) is 97.4 Å². The van der Waals surface area contributed by atoms with E-state index in [1.165, 1.54) is 13.8 Å². The van der Waals surface area contributed by atoms with E-state index in [-0.39, 0.29) is 13.2 Å². The molecule has 0 aliphatic rings.